The highest BCUT2D eigenvalue weighted by Gasteiger charge is 2.39. The van der Waals surface area contributed by atoms with Gasteiger partial charge in [-0.25, -0.2) is 13.1 Å². The summed E-state index contributed by atoms with van der Waals surface area (Å²) in [6.45, 7) is 2.89. The quantitative estimate of drug-likeness (QED) is 0.596. The fourth-order valence-electron chi connectivity index (χ4n) is 4.38. The molecular weight excluding hydrogens is 360 g/mol. The van der Waals surface area contributed by atoms with Crippen LogP contribution in [0, 0.1) is 5.41 Å². The van der Waals surface area contributed by atoms with Crippen LogP contribution < -0.4 is 10.0 Å². The number of rotatable bonds is 5. The Labute approximate surface area is 163 Å². The Morgan fingerprint density at radius 2 is 1.78 bits per heavy atom. The number of hydrogen-bond donors (Lipinski definition) is 2. The van der Waals surface area contributed by atoms with Crippen molar-refractivity contribution in [1.82, 2.24) is 14.9 Å². The predicted octanol–water partition coefficient (Wildman–Crippen LogP) is 2.47. The van der Waals surface area contributed by atoms with Crippen LogP contribution in [-0.2, 0) is 22.3 Å². The molecule has 1 saturated heterocycles. The van der Waals surface area contributed by atoms with Crippen molar-refractivity contribution in [3.05, 3.63) is 35.4 Å². The van der Waals surface area contributed by atoms with Crippen LogP contribution in [0.2, 0.25) is 0 Å². The molecule has 150 valence electrons. The minimum Gasteiger partial charge on any atom is -0.352 e. The Kier molecular flexibility index (Phi) is 6.42. The predicted molar refractivity (Wildman–Crippen MR) is 110 cm³/mol. The molecule has 2 fully saturated rings. The van der Waals surface area contributed by atoms with E-state index in [2.05, 4.69) is 19.9 Å². The Morgan fingerprint density at radius 3 is 2.41 bits per heavy atom. The molecule has 1 saturated carbocycles. The van der Waals surface area contributed by atoms with Crippen LogP contribution in [0.1, 0.15) is 49.7 Å². The lowest BCUT2D eigenvalue weighted by atomic mass is 9.73. The maximum atomic E-state index is 11.6. The molecule has 0 unspecified atom stereocenters. The van der Waals surface area contributed by atoms with Gasteiger partial charge in [-0.2, -0.15) is 0 Å². The fraction of sp³-hybridized carbons (Fsp3) is 0.650. The van der Waals surface area contributed by atoms with Crippen LogP contribution in [0.4, 0.5) is 0 Å². The lowest BCUT2D eigenvalue weighted by Crippen LogP contribution is -2.41. The molecule has 7 heteroatoms. The van der Waals surface area contributed by atoms with E-state index in [4.69, 9.17) is 0 Å². The molecule has 1 heterocycles. The van der Waals surface area contributed by atoms with Gasteiger partial charge in [0.05, 0.1) is 5.75 Å². The summed E-state index contributed by atoms with van der Waals surface area (Å²) < 4.78 is 25.6. The average molecular weight is 393 g/mol. The van der Waals surface area contributed by atoms with E-state index in [0.717, 1.165) is 30.2 Å². The normalized spacial score (nSPS) is 20.2. The third-order valence-corrected chi connectivity index (χ3v) is 7.34. The van der Waals surface area contributed by atoms with Crippen LogP contribution in [0.3, 0.4) is 0 Å². The monoisotopic (exact) mass is 392 g/mol. The summed E-state index contributed by atoms with van der Waals surface area (Å²) in [6, 6.07) is 7.71. The maximum Gasteiger partial charge on any atom is 0.215 e. The highest BCUT2D eigenvalue weighted by molar-refractivity contribution is 7.88. The van der Waals surface area contributed by atoms with E-state index < -0.39 is 10.0 Å². The van der Waals surface area contributed by atoms with Crippen LogP contribution in [0.15, 0.2) is 29.3 Å². The number of guanidine groups is 1. The van der Waals surface area contributed by atoms with E-state index in [-0.39, 0.29) is 5.75 Å². The van der Waals surface area contributed by atoms with Gasteiger partial charge in [0.1, 0.15) is 0 Å². The van der Waals surface area contributed by atoms with Gasteiger partial charge in [-0.15, -0.1) is 0 Å². The maximum absolute atomic E-state index is 11.6. The zero-order chi connectivity index (χ0) is 19.3. The summed E-state index contributed by atoms with van der Waals surface area (Å²) in [6.07, 6.45) is 8.13. The Hall–Kier alpha value is -1.60. The zero-order valence-corrected chi connectivity index (χ0v) is 17.3. The van der Waals surface area contributed by atoms with Crippen LogP contribution in [0.25, 0.3) is 0 Å². The molecule has 1 aliphatic heterocycles. The second kappa shape index (κ2) is 8.61. The topological polar surface area (TPSA) is 73.8 Å². The number of hydrogen-bond acceptors (Lipinski definition) is 3. The van der Waals surface area contributed by atoms with E-state index in [0.29, 0.717) is 12.0 Å². The number of nitrogens with one attached hydrogen (secondary N) is 2. The number of nitrogens with zero attached hydrogens (tertiary/aromatic N) is 2. The molecular formula is C20H32N4O2S. The van der Waals surface area contributed by atoms with Crippen molar-refractivity contribution in [2.45, 2.75) is 50.8 Å². The summed E-state index contributed by atoms with van der Waals surface area (Å²) in [5, 5.41) is 3.47. The van der Waals surface area contributed by atoms with Crippen LogP contribution >= 0.6 is 0 Å². The summed E-state index contributed by atoms with van der Waals surface area (Å²) in [7, 11) is 0.0554. The Balaban J connectivity index is 1.54. The molecule has 6 nitrogen and oxygen atoms in total. The fourth-order valence-corrected chi connectivity index (χ4v) is 5.16. The minimum absolute atomic E-state index is 0.00867. The van der Waals surface area contributed by atoms with Gasteiger partial charge in [-0.3, -0.25) is 4.99 Å². The minimum atomic E-state index is -3.23. The highest BCUT2D eigenvalue weighted by Crippen LogP contribution is 2.43. The van der Waals surface area contributed by atoms with Gasteiger partial charge < -0.3 is 10.2 Å². The summed E-state index contributed by atoms with van der Waals surface area (Å²) >= 11 is 0. The molecule has 1 spiro atoms. The van der Waals surface area contributed by atoms with Gasteiger partial charge in [0.15, 0.2) is 5.96 Å². The smallest absolute Gasteiger partial charge is 0.215 e. The zero-order valence-electron chi connectivity index (χ0n) is 16.5. The number of benzene rings is 1. The third kappa shape index (κ3) is 5.23. The van der Waals surface area contributed by atoms with Crippen molar-refractivity contribution < 1.29 is 8.42 Å². The van der Waals surface area contributed by atoms with Crippen LogP contribution in [0.5, 0.6) is 0 Å². The summed E-state index contributed by atoms with van der Waals surface area (Å²) in [5.41, 5.74) is 2.42. The first-order chi connectivity index (χ1) is 13.0. The van der Waals surface area contributed by atoms with Gasteiger partial charge in [0, 0.05) is 26.7 Å². The lowest BCUT2D eigenvalue weighted by molar-refractivity contribution is 0.203. The molecule has 27 heavy (non-hydrogen) atoms. The SMILES string of the molecule is CN=C(NCc1ccc(CS(=O)(=O)NC)cc1)N1CCC2(CCCCC2)C1. The van der Waals surface area contributed by atoms with E-state index >= 15 is 0 Å². The molecule has 0 amide bonds. The second-order valence-corrected chi connectivity index (χ2v) is 9.84. The first kappa shape index (κ1) is 20.1. The van der Waals surface area contributed by atoms with E-state index in [1.165, 1.54) is 45.6 Å². The molecule has 1 aliphatic carbocycles. The molecule has 0 aromatic heterocycles. The molecule has 3 rings (SSSR count). The highest BCUT2D eigenvalue weighted by atomic mass is 32.2. The molecule has 2 N–H and O–H groups in total. The van der Waals surface area contributed by atoms with Crippen molar-refractivity contribution in [3.63, 3.8) is 0 Å². The van der Waals surface area contributed by atoms with Crippen molar-refractivity contribution in [3.8, 4) is 0 Å². The third-order valence-electron chi connectivity index (χ3n) is 6.01. The van der Waals surface area contributed by atoms with E-state index in [1.807, 2.05) is 31.3 Å². The van der Waals surface area contributed by atoms with Gasteiger partial charge in [0.25, 0.3) is 0 Å². The standard InChI is InChI=1S/C20H32N4O2S/c1-21-19(24-13-12-20(16-24)10-4-3-5-11-20)23-14-17-6-8-18(9-7-17)15-27(25,26)22-2/h6-9,22H,3-5,10-16H2,1-2H3,(H,21,23). The molecule has 1 aromatic rings. The van der Waals surface area contributed by atoms with Crippen molar-refractivity contribution >= 4 is 16.0 Å². The molecule has 0 atom stereocenters. The first-order valence-corrected chi connectivity index (χ1v) is 11.6. The number of aliphatic imine (C=N–C) groups is 1. The molecule has 1 aromatic carbocycles. The second-order valence-electron chi connectivity index (χ2n) is 7.91. The van der Waals surface area contributed by atoms with Gasteiger partial charge in [0.2, 0.25) is 10.0 Å². The Morgan fingerprint density at radius 1 is 1.11 bits per heavy atom. The van der Waals surface area contributed by atoms with E-state index in [9.17, 15) is 8.42 Å². The van der Waals surface area contributed by atoms with Crippen molar-refractivity contribution in [2.24, 2.45) is 10.4 Å². The molecule has 2 aliphatic rings. The molecule has 0 radical (unpaired) electrons. The number of likely N-dealkylation sites (tertiary alicyclic amines) is 1. The van der Waals surface area contributed by atoms with E-state index in [1.54, 1.807) is 0 Å². The lowest BCUT2D eigenvalue weighted by Gasteiger charge is -2.33. The van der Waals surface area contributed by atoms with Crippen molar-refractivity contribution in [1.29, 1.82) is 0 Å². The summed E-state index contributed by atoms with van der Waals surface area (Å²) in [4.78, 5) is 6.89. The van der Waals surface area contributed by atoms with Gasteiger partial charge >= 0.3 is 0 Å². The number of sulfonamides is 1. The first-order valence-electron chi connectivity index (χ1n) is 9.90. The Bertz CT molecular complexity index is 753. The largest absolute Gasteiger partial charge is 0.352 e. The van der Waals surface area contributed by atoms with Crippen LogP contribution in [-0.4, -0.2) is 46.5 Å². The van der Waals surface area contributed by atoms with Gasteiger partial charge in [-0.1, -0.05) is 43.5 Å². The van der Waals surface area contributed by atoms with Crippen molar-refractivity contribution in [2.75, 3.05) is 27.2 Å². The average Bonchev–Trinajstić information content (AvgIpc) is 3.07. The van der Waals surface area contributed by atoms with Gasteiger partial charge in [-0.05, 0) is 42.9 Å². The molecule has 0 bridgehead atoms. The summed E-state index contributed by atoms with van der Waals surface area (Å²) in [5.74, 6) is 0.980.